The Hall–Kier alpha value is -2.38. The first kappa shape index (κ1) is 22.4. The van der Waals surface area contributed by atoms with Crippen LogP contribution >= 0.6 is 0 Å². The summed E-state index contributed by atoms with van der Waals surface area (Å²) in [6.07, 6.45) is 7.00. The maximum atomic E-state index is 13.8. The summed E-state index contributed by atoms with van der Waals surface area (Å²) in [5.41, 5.74) is 4.13. The lowest BCUT2D eigenvalue weighted by Gasteiger charge is -2.25. The van der Waals surface area contributed by atoms with Crippen LogP contribution in [0, 0.1) is 18.8 Å². The van der Waals surface area contributed by atoms with Crippen molar-refractivity contribution >= 4 is 26.6 Å². The molecule has 1 aliphatic carbocycles. The maximum Gasteiger partial charge on any atom is 0.264 e. The van der Waals surface area contributed by atoms with Crippen LogP contribution in [0.3, 0.4) is 0 Å². The third kappa shape index (κ3) is 4.66. The molecule has 3 aromatic rings. The summed E-state index contributed by atoms with van der Waals surface area (Å²) >= 11 is 0. The lowest BCUT2D eigenvalue weighted by atomic mass is 10.0. The molecule has 0 spiro atoms. The molecule has 33 heavy (non-hydrogen) atoms. The maximum absolute atomic E-state index is 13.8. The zero-order chi connectivity index (χ0) is 23.0. The third-order valence-corrected chi connectivity index (χ3v) is 8.88. The highest BCUT2D eigenvalue weighted by Gasteiger charge is 2.32. The van der Waals surface area contributed by atoms with E-state index in [1.807, 2.05) is 22.9 Å². The minimum atomic E-state index is -3.68. The quantitative estimate of drug-likeness (QED) is 0.471. The van der Waals surface area contributed by atoms with Gasteiger partial charge in [0.1, 0.15) is 0 Å². The van der Waals surface area contributed by atoms with Crippen molar-refractivity contribution in [3.63, 3.8) is 0 Å². The van der Waals surface area contributed by atoms with Crippen molar-refractivity contribution in [3.8, 4) is 0 Å². The van der Waals surface area contributed by atoms with Crippen molar-refractivity contribution < 1.29 is 13.2 Å². The molecule has 5 rings (SSSR count). The SMILES string of the molecule is CCc1ccc(N(CC2CC2)S(=O)(=O)c2ccc3c(cnn3CC3CCOCC3)c2)cc1C. The van der Waals surface area contributed by atoms with E-state index in [0.717, 1.165) is 74.0 Å². The monoisotopic (exact) mass is 467 g/mol. The number of nitrogens with zero attached hydrogens (tertiary/aromatic N) is 3. The lowest BCUT2D eigenvalue weighted by Crippen LogP contribution is -2.33. The Balaban J connectivity index is 1.46. The van der Waals surface area contributed by atoms with Gasteiger partial charge >= 0.3 is 0 Å². The Bertz CT molecular complexity index is 1240. The highest BCUT2D eigenvalue weighted by Crippen LogP contribution is 2.35. The van der Waals surface area contributed by atoms with Crippen molar-refractivity contribution in [2.75, 3.05) is 24.1 Å². The highest BCUT2D eigenvalue weighted by atomic mass is 32.2. The number of aromatic nitrogens is 2. The van der Waals surface area contributed by atoms with Crippen LogP contribution in [0.1, 0.15) is 43.7 Å². The van der Waals surface area contributed by atoms with Crippen LogP contribution in [-0.2, 0) is 27.7 Å². The molecule has 1 saturated carbocycles. The Kier molecular flexibility index (Phi) is 6.18. The molecule has 176 valence electrons. The largest absolute Gasteiger partial charge is 0.381 e. The van der Waals surface area contributed by atoms with Crippen LogP contribution in [0.5, 0.6) is 0 Å². The van der Waals surface area contributed by atoms with Gasteiger partial charge in [0.2, 0.25) is 0 Å². The van der Waals surface area contributed by atoms with Crippen LogP contribution in [-0.4, -0.2) is 38.0 Å². The fraction of sp³-hybridized carbons (Fsp3) is 0.500. The first-order valence-electron chi connectivity index (χ1n) is 12.1. The van der Waals surface area contributed by atoms with E-state index < -0.39 is 10.0 Å². The van der Waals surface area contributed by atoms with E-state index >= 15 is 0 Å². The molecular weight excluding hydrogens is 434 g/mol. The van der Waals surface area contributed by atoms with E-state index in [1.165, 1.54) is 5.56 Å². The van der Waals surface area contributed by atoms with Crippen molar-refractivity contribution in [1.29, 1.82) is 0 Å². The molecule has 1 saturated heterocycles. The Morgan fingerprint density at radius 3 is 2.55 bits per heavy atom. The second-order valence-corrected chi connectivity index (χ2v) is 11.4. The molecule has 2 fully saturated rings. The molecule has 0 N–H and O–H groups in total. The van der Waals surface area contributed by atoms with Gasteiger partial charge < -0.3 is 4.74 Å². The molecule has 0 unspecified atom stereocenters. The number of anilines is 1. The summed E-state index contributed by atoms with van der Waals surface area (Å²) in [4.78, 5) is 0.332. The van der Waals surface area contributed by atoms with E-state index in [2.05, 4.69) is 25.0 Å². The number of sulfonamides is 1. The van der Waals surface area contributed by atoms with Crippen LogP contribution < -0.4 is 4.31 Å². The fourth-order valence-electron chi connectivity index (χ4n) is 4.78. The normalized spacial score (nSPS) is 17.5. The number of hydrogen-bond donors (Lipinski definition) is 0. The summed E-state index contributed by atoms with van der Waals surface area (Å²) in [5, 5.41) is 5.44. The molecule has 6 nitrogen and oxygen atoms in total. The van der Waals surface area contributed by atoms with Gasteiger partial charge in [-0.1, -0.05) is 13.0 Å². The number of fused-ring (bicyclic) bond motifs is 1. The van der Waals surface area contributed by atoms with E-state index in [1.54, 1.807) is 22.6 Å². The van der Waals surface area contributed by atoms with Gasteiger partial charge in [-0.25, -0.2) is 8.42 Å². The molecular formula is C26H33N3O3S. The average Bonchev–Trinajstić information content (AvgIpc) is 3.57. The van der Waals surface area contributed by atoms with Gasteiger partial charge in [0, 0.05) is 31.7 Å². The van der Waals surface area contributed by atoms with E-state index in [0.29, 0.717) is 23.3 Å². The van der Waals surface area contributed by atoms with Gasteiger partial charge in [-0.05, 0) is 92.3 Å². The van der Waals surface area contributed by atoms with Gasteiger partial charge in [0.15, 0.2) is 0 Å². The van der Waals surface area contributed by atoms with Gasteiger partial charge in [-0.15, -0.1) is 0 Å². The molecule has 0 bridgehead atoms. The predicted molar refractivity (Wildman–Crippen MR) is 131 cm³/mol. The summed E-state index contributed by atoms with van der Waals surface area (Å²) in [5.74, 6) is 0.991. The Morgan fingerprint density at radius 1 is 1.06 bits per heavy atom. The van der Waals surface area contributed by atoms with Crippen LogP contribution in [0.25, 0.3) is 10.9 Å². The second kappa shape index (κ2) is 9.11. The van der Waals surface area contributed by atoms with Crippen LogP contribution in [0.4, 0.5) is 5.69 Å². The molecule has 0 amide bonds. The molecule has 2 aliphatic rings. The molecule has 0 radical (unpaired) electrons. The van der Waals surface area contributed by atoms with Gasteiger partial charge in [0.05, 0.1) is 22.3 Å². The molecule has 2 aromatic carbocycles. The van der Waals surface area contributed by atoms with Crippen molar-refractivity contribution in [3.05, 3.63) is 53.7 Å². The van der Waals surface area contributed by atoms with Crippen molar-refractivity contribution in [2.24, 2.45) is 11.8 Å². The van der Waals surface area contributed by atoms with Crippen LogP contribution in [0.15, 0.2) is 47.5 Å². The van der Waals surface area contributed by atoms with E-state index in [-0.39, 0.29) is 0 Å². The first-order chi connectivity index (χ1) is 16.0. The van der Waals surface area contributed by atoms with Gasteiger partial charge in [-0.2, -0.15) is 5.10 Å². The zero-order valence-corrected chi connectivity index (χ0v) is 20.4. The van der Waals surface area contributed by atoms with Gasteiger partial charge in [0.25, 0.3) is 10.0 Å². The summed E-state index contributed by atoms with van der Waals surface area (Å²) < 4.78 is 36.7. The number of hydrogen-bond acceptors (Lipinski definition) is 4. The predicted octanol–water partition coefficient (Wildman–Crippen LogP) is 4.94. The van der Waals surface area contributed by atoms with Gasteiger partial charge in [-0.3, -0.25) is 8.99 Å². The van der Waals surface area contributed by atoms with Crippen molar-refractivity contribution in [1.82, 2.24) is 9.78 Å². The topological polar surface area (TPSA) is 64.4 Å². The Morgan fingerprint density at radius 2 is 1.85 bits per heavy atom. The van der Waals surface area contributed by atoms with Crippen LogP contribution in [0.2, 0.25) is 0 Å². The summed E-state index contributed by atoms with van der Waals surface area (Å²) in [6.45, 7) is 7.18. The van der Waals surface area contributed by atoms with E-state index in [9.17, 15) is 8.42 Å². The molecule has 1 aliphatic heterocycles. The number of benzene rings is 2. The molecule has 7 heteroatoms. The highest BCUT2D eigenvalue weighted by molar-refractivity contribution is 7.92. The summed E-state index contributed by atoms with van der Waals surface area (Å²) in [7, 11) is -3.68. The Labute approximate surface area is 196 Å². The molecule has 0 atom stereocenters. The van der Waals surface area contributed by atoms with Crippen molar-refractivity contribution in [2.45, 2.75) is 57.4 Å². The minimum Gasteiger partial charge on any atom is -0.381 e. The third-order valence-electron chi connectivity index (χ3n) is 7.09. The number of rotatable bonds is 8. The first-order valence-corrected chi connectivity index (χ1v) is 13.6. The molecule has 1 aromatic heterocycles. The standard InChI is InChI=1S/C26H33N3O3S/c1-3-22-6-7-24(14-19(22)2)29(18-20-4-5-20)33(30,31)25-8-9-26-23(15-25)16-27-28(26)17-21-10-12-32-13-11-21/h6-9,14-16,20-21H,3-5,10-13,17-18H2,1-2H3. The molecule has 2 heterocycles. The van der Waals surface area contributed by atoms with E-state index in [4.69, 9.17) is 4.74 Å². The number of ether oxygens (including phenoxy) is 1. The number of aryl methyl sites for hydroxylation is 2. The second-order valence-electron chi connectivity index (χ2n) is 9.55. The lowest BCUT2D eigenvalue weighted by molar-refractivity contribution is 0.0605. The summed E-state index contributed by atoms with van der Waals surface area (Å²) in [6, 6.07) is 11.5. The smallest absolute Gasteiger partial charge is 0.264 e. The fourth-order valence-corrected chi connectivity index (χ4v) is 6.35. The minimum absolute atomic E-state index is 0.332. The average molecular weight is 468 g/mol. The zero-order valence-electron chi connectivity index (χ0n) is 19.5.